The van der Waals surface area contributed by atoms with Gasteiger partial charge < -0.3 is 4.52 Å². The molecule has 0 spiro atoms. The van der Waals surface area contributed by atoms with Crippen LogP contribution in [0, 0.1) is 11.8 Å². The molecule has 1 aliphatic carbocycles. The van der Waals surface area contributed by atoms with Crippen molar-refractivity contribution in [2.75, 3.05) is 0 Å². The Hall–Kier alpha value is -1.21. The van der Waals surface area contributed by atoms with Crippen LogP contribution in [0.4, 0.5) is 0 Å². The van der Waals surface area contributed by atoms with Gasteiger partial charge in [0.25, 0.3) is 0 Å². The number of hydrogen-bond acceptors (Lipinski definition) is 2. The van der Waals surface area contributed by atoms with Crippen molar-refractivity contribution in [3.05, 3.63) is 71.8 Å². The number of rotatable bonds is 4. The molecule has 144 valence electrons. The van der Waals surface area contributed by atoms with E-state index >= 15 is 0 Å². The lowest BCUT2D eigenvalue weighted by molar-refractivity contribution is -0.0398. The summed E-state index contributed by atoms with van der Waals surface area (Å²) in [6, 6.07) is 21.8. The molecule has 2 aliphatic rings. The van der Waals surface area contributed by atoms with Crippen LogP contribution in [0.2, 0.25) is 0 Å². The van der Waals surface area contributed by atoms with Gasteiger partial charge in [0.1, 0.15) is 8.30 Å². The molecule has 1 saturated heterocycles. The second-order valence-corrected chi connectivity index (χ2v) is 10.6. The topological polar surface area (TPSA) is 12.5 Å². The van der Waals surface area contributed by atoms with E-state index in [2.05, 4.69) is 86.1 Å². The molecule has 1 heterocycles. The molecule has 0 radical (unpaired) electrons. The highest BCUT2D eigenvalue weighted by Gasteiger charge is 2.50. The van der Waals surface area contributed by atoms with Crippen LogP contribution in [-0.4, -0.2) is 16.3 Å². The molecule has 4 unspecified atom stereocenters. The van der Waals surface area contributed by atoms with Gasteiger partial charge in [0.05, 0.1) is 6.10 Å². The van der Waals surface area contributed by atoms with Gasteiger partial charge in [-0.25, -0.2) is 4.67 Å². The van der Waals surface area contributed by atoms with Gasteiger partial charge in [-0.2, -0.15) is 0 Å². The highest BCUT2D eigenvalue weighted by Crippen LogP contribution is 2.60. The largest absolute Gasteiger partial charge is 0.340 e. The van der Waals surface area contributed by atoms with Gasteiger partial charge in [0.2, 0.25) is 0 Å². The SMILES string of the molecule is CC1CCC2C(C1)OP(Cc1ccccc1)N(Cc1ccccc1)C2(C)C. The van der Waals surface area contributed by atoms with Crippen LogP contribution < -0.4 is 0 Å². The zero-order chi connectivity index (χ0) is 18.9. The molecule has 2 aromatic carbocycles. The van der Waals surface area contributed by atoms with Crippen molar-refractivity contribution in [2.45, 2.75) is 64.4 Å². The first-order valence-corrected chi connectivity index (χ1v) is 11.7. The third kappa shape index (κ3) is 4.14. The number of nitrogens with zero attached hydrogens (tertiary/aromatic N) is 1. The van der Waals surface area contributed by atoms with Gasteiger partial charge in [-0.05, 0) is 43.7 Å². The maximum absolute atomic E-state index is 6.88. The highest BCUT2D eigenvalue weighted by molar-refractivity contribution is 7.49. The third-order valence-electron chi connectivity index (χ3n) is 6.49. The Bertz CT molecular complexity index is 733. The van der Waals surface area contributed by atoms with Gasteiger partial charge in [0, 0.05) is 24.2 Å². The Morgan fingerprint density at radius 1 is 0.963 bits per heavy atom. The van der Waals surface area contributed by atoms with Crippen molar-refractivity contribution in [1.82, 2.24) is 4.67 Å². The minimum absolute atomic E-state index is 0.166. The van der Waals surface area contributed by atoms with Crippen molar-refractivity contribution in [3.63, 3.8) is 0 Å². The Morgan fingerprint density at radius 2 is 1.59 bits per heavy atom. The first-order valence-electron chi connectivity index (χ1n) is 10.3. The van der Waals surface area contributed by atoms with E-state index in [1.807, 2.05) is 0 Å². The third-order valence-corrected chi connectivity index (χ3v) is 8.83. The normalized spacial score (nSPS) is 30.6. The number of benzene rings is 2. The lowest BCUT2D eigenvalue weighted by Crippen LogP contribution is -2.56. The molecular formula is C24H32NOP. The molecule has 1 aliphatic heterocycles. The van der Waals surface area contributed by atoms with E-state index < -0.39 is 8.30 Å². The van der Waals surface area contributed by atoms with E-state index in [1.54, 1.807) is 0 Å². The maximum Gasteiger partial charge on any atom is 0.110 e. The van der Waals surface area contributed by atoms with Gasteiger partial charge in [0.15, 0.2) is 0 Å². The van der Waals surface area contributed by atoms with Gasteiger partial charge >= 0.3 is 0 Å². The van der Waals surface area contributed by atoms with E-state index in [0.717, 1.165) is 18.6 Å². The van der Waals surface area contributed by atoms with Crippen molar-refractivity contribution < 1.29 is 4.52 Å². The molecule has 0 bridgehead atoms. The lowest BCUT2D eigenvalue weighted by atomic mass is 9.71. The summed E-state index contributed by atoms with van der Waals surface area (Å²) >= 11 is 0. The zero-order valence-corrected chi connectivity index (χ0v) is 17.7. The predicted octanol–water partition coefficient (Wildman–Crippen LogP) is 6.61. The summed E-state index contributed by atoms with van der Waals surface area (Å²) in [5.41, 5.74) is 2.94. The van der Waals surface area contributed by atoms with Gasteiger partial charge in [-0.1, -0.05) is 74.0 Å². The molecule has 1 saturated carbocycles. The van der Waals surface area contributed by atoms with Gasteiger partial charge in [-0.3, -0.25) is 0 Å². The van der Waals surface area contributed by atoms with E-state index in [-0.39, 0.29) is 5.54 Å². The van der Waals surface area contributed by atoms with E-state index in [0.29, 0.717) is 12.0 Å². The smallest absolute Gasteiger partial charge is 0.110 e. The fourth-order valence-electron chi connectivity index (χ4n) is 4.85. The first-order chi connectivity index (χ1) is 13.0. The highest BCUT2D eigenvalue weighted by atomic mass is 31.2. The summed E-state index contributed by atoms with van der Waals surface area (Å²) in [6.07, 6.45) is 5.29. The first kappa shape index (κ1) is 19.1. The minimum atomic E-state index is -0.652. The summed E-state index contributed by atoms with van der Waals surface area (Å²) in [5, 5.41) is 0. The number of hydrogen-bond donors (Lipinski definition) is 0. The lowest BCUT2D eigenvalue weighted by Gasteiger charge is -2.57. The van der Waals surface area contributed by atoms with Crippen molar-refractivity contribution in [2.24, 2.45) is 11.8 Å². The summed E-state index contributed by atoms with van der Waals surface area (Å²) in [5.74, 6) is 1.42. The molecule has 0 N–H and O–H groups in total. The second kappa shape index (κ2) is 8.03. The molecule has 3 heteroatoms. The quantitative estimate of drug-likeness (QED) is 0.552. The van der Waals surface area contributed by atoms with Crippen molar-refractivity contribution in [3.8, 4) is 0 Å². The molecule has 4 atom stereocenters. The van der Waals surface area contributed by atoms with Crippen LogP contribution in [0.3, 0.4) is 0 Å². The summed E-state index contributed by atoms with van der Waals surface area (Å²) in [4.78, 5) is 0. The predicted molar refractivity (Wildman–Crippen MR) is 115 cm³/mol. The minimum Gasteiger partial charge on any atom is -0.340 e. The maximum atomic E-state index is 6.88. The Morgan fingerprint density at radius 3 is 2.26 bits per heavy atom. The fraction of sp³-hybridized carbons (Fsp3) is 0.500. The Balaban J connectivity index is 1.64. The summed E-state index contributed by atoms with van der Waals surface area (Å²) in [6.45, 7) is 8.30. The van der Waals surface area contributed by atoms with E-state index in [1.165, 1.54) is 30.4 Å². The molecular weight excluding hydrogens is 349 g/mol. The molecule has 2 nitrogen and oxygen atoms in total. The van der Waals surface area contributed by atoms with Crippen LogP contribution in [0.5, 0.6) is 0 Å². The fourth-order valence-corrected chi connectivity index (χ4v) is 7.32. The Labute approximate surface area is 165 Å². The van der Waals surface area contributed by atoms with Crippen LogP contribution in [0.25, 0.3) is 0 Å². The summed E-state index contributed by atoms with van der Waals surface area (Å²) < 4.78 is 9.57. The van der Waals surface area contributed by atoms with Crippen LogP contribution >= 0.6 is 8.30 Å². The standard InChI is InChI=1S/C24H32NOP/c1-19-14-15-22-23(16-19)26-27(18-21-12-8-5-9-13-21)25(24(22,2)3)17-20-10-6-4-7-11-20/h4-13,19,22-23H,14-18H2,1-3H3. The molecule has 0 aromatic heterocycles. The van der Waals surface area contributed by atoms with Crippen LogP contribution in [0.15, 0.2) is 60.7 Å². The molecule has 2 aromatic rings. The molecule has 2 fully saturated rings. The zero-order valence-electron chi connectivity index (χ0n) is 16.8. The van der Waals surface area contributed by atoms with Crippen LogP contribution in [0.1, 0.15) is 51.2 Å². The average Bonchev–Trinajstić information content (AvgIpc) is 2.66. The molecule has 0 amide bonds. The van der Waals surface area contributed by atoms with Crippen LogP contribution in [-0.2, 0) is 17.2 Å². The molecule has 4 rings (SSSR count). The van der Waals surface area contributed by atoms with Gasteiger partial charge in [-0.15, -0.1) is 0 Å². The second-order valence-electron chi connectivity index (χ2n) is 8.86. The van der Waals surface area contributed by atoms with Crippen molar-refractivity contribution in [1.29, 1.82) is 0 Å². The van der Waals surface area contributed by atoms with E-state index in [4.69, 9.17) is 4.52 Å². The van der Waals surface area contributed by atoms with Crippen molar-refractivity contribution >= 4 is 8.30 Å². The summed E-state index contributed by atoms with van der Waals surface area (Å²) in [7, 11) is -0.652. The average molecular weight is 382 g/mol. The molecule has 27 heavy (non-hydrogen) atoms. The van der Waals surface area contributed by atoms with E-state index in [9.17, 15) is 0 Å². The monoisotopic (exact) mass is 381 g/mol. The number of fused-ring (bicyclic) bond motifs is 1. The Kier molecular flexibility index (Phi) is 5.69.